The van der Waals surface area contributed by atoms with Crippen molar-refractivity contribution < 1.29 is 22.3 Å². The summed E-state index contributed by atoms with van der Waals surface area (Å²) in [5, 5.41) is 3.04. The molecule has 3 aromatic carbocycles. The molecular formula is C21H16BrFN2O4S. The maximum Gasteiger partial charge on any atom is 0.286 e. The molecule has 9 heteroatoms. The Labute approximate surface area is 181 Å². The summed E-state index contributed by atoms with van der Waals surface area (Å²) < 4.78 is 54.1. The van der Waals surface area contributed by atoms with Crippen molar-refractivity contribution in [3.8, 4) is 11.5 Å². The number of methoxy groups -OCH3 is 1. The van der Waals surface area contributed by atoms with Crippen LogP contribution in [0, 0.1) is 5.82 Å². The normalized spacial score (nSPS) is 14.3. The van der Waals surface area contributed by atoms with E-state index in [0.29, 0.717) is 32.8 Å². The zero-order valence-corrected chi connectivity index (χ0v) is 18.1. The van der Waals surface area contributed by atoms with E-state index < -0.39 is 10.0 Å². The molecule has 0 unspecified atom stereocenters. The lowest BCUT2D eigenvalue weighted by Crippen LogP contribution is -2.22. The summed E-state index contributed by atoms with van der Waals surface area (Å²) in [4.78, 5) is 0.120. The van der Waals surface area contributed by atoms with Crippen LogP contribution in [-0.2, 0) is 16.6 Å². The molecule has 1 aliphatic rings. The molecule has 1 heterocycles. The molecule has 1 aliphatic heterocycles. The van der Waals surface area contributed by atoms with Gasteiger partial charge >= 0.3 is 0 Å². The number of nitrogens with one attached hydrogen (secondary N) is 1. The largest absolute Gasteiger partial charge is 0.493 e. The molecular weight excluding hydrogens is 475 g/mol. The standard InChI is InChI=1S/C21H16BrFN2O4S/c1-28-18-11-14(21-24-17-7-2-3-8-19(17)30(26,27)25-21)10-16(22)20(18)29-12-13-5-4-6-15(23)9-13/h2-11H,12H2,1H3,(H,24,25). The van der Waals surface area contributed by atoms with Gasteiger partial charge in [-0.1, -0.05) is 24.3 Å². The second-order valence-corrected chi connectivity index (χ2v) is 8.87. The number of anilines is 1. The Morgan fingerprint density at radius 1 is 1.10 bits per heavy atom. The van der Waals surface area contributed by atoms with Gasteiger partial charge in [-0.3, -0.25) is 0 Å². The van der Waals surface area contributed by atoms with Gasteiger partial charge in [0.2, 0.25) is 0 Å². The molecule has 0 saturated carbocycles. The van der Waals surface area contributed by atoms with Crippen molar-refractivity contribution in [2.45, 2.75) is 11.5 Å². The van der Waals surface area contributed by atoms with Crippen molar-refractivity contribution in [2.24, 2.45) is 4.40 Å². The third-order valence-corrected chi connectivity index (χ3v) is 6.33. The van der Waals surface area contributed by atoms with Crippen molar-refractivity contribution >= 4 is 37.5 Å². The van der Waals surface area contributed by atoms with E-state index >= 15 is 0 Å². The zero-order valence-electron chi connectivity index (χ0n) is 15.7. The van der Waals surface area contributed by atoms with Crippen LogP contribution in [0.15, 0.2) is 74.4 Å². The first kappa shape index (κ1) is 20.4. The van der Waals surface area contributed by atoms with Crippen LogP contribution in [0.25, 0.3) is 0 Å². The SMILES string of the molecule is COc1cc(C2=NS(=O)(=O)c3ccccc3N2)cc(Br)c1OCc1cccc(F)c1. The molecule has 1 N–H and O–H groups in total. The van der Waals surface area contributed by atoms with Crippen molar-refractivity contribution in [2.75, 3.05) is 12.4 Å². The minimum atomic E-state index is -3.83. The predicted octanol–water partition coefficient (Wildman–Crippen LogP) is 4.74. The fourth-order valence-electron chi connectivity index (χ4n) is 3.02. The van der Waals surface area contributed by atoms with Gasteiger partial charge in [-0.15, -0.1) is 4.40 Å². The number of hydrogen-bond donors (Lipinski definition) is 1. The highest BCUT2D eigenvalue weighted by Crippen LogP contribution is 2.38. The number of hydrogen-bond acceptors (Lipinski definition) is 5. The van der Waals surface area contributed by atoms with Crippen LogP contribution in [0.5, 0.6) is 11.5 Å². The quantitative estimate of drug-likeness (QED) is 0.558. The van der Waals surface area contributed by atoms with E-state index in [0.717, 1.165) is 0 Å². The molecule has 0 atom stereocenters. The Morgan fingerprint density at radius 2 is 1.90 bits per heavy atom. The minimum absolute atomic E-state index is 0.120. The fraction of sp³-hybridized carbons (Fsp3) is 0.0952. The van der Waals surface area contributed by atoms with Crippen molar-refractivity contribution in [1.82, 2.24) is 0 Å². The summed E-state index contributed by atoms with van der Waals surface area (Å²) in [7, 11) is -2.35. The number of sulfonamides is 1. The van der Waals surface area contributed by atoms with E-state index in [1.807, 2.05) is 0 Å². The van der Waals surface area contributed by atoms with Gasteiger partial charge in [-0.05, 0) is 57.9 Å². The van der Waals surface area contributed by atoms with Gasteiger partial charge < -0.3 is 14.8 Å². The van der Waals surface area contributed by atoms with Crippen molar-refractivity contribution in [1.29, 1.82) is 0 Å². The van der Waals surface area contributed by atoms with Gasteiger partial charge in [0.1, 0.15) is 17.3 Å². The Kier molecular flexibility index (Phi) is 5.48. The molecule has 6 nitrogen and oxygen atoms in total. The highest BCUT2D eigenvalue weighted by atomic mass is 79.9. The molecule has 4 rings (SSSR count). The van der Waals surface area contributed by atoms with Crippen LogP contribution < -0.4 is 14.8 Å². The number of rotatable bonds is 5. The van der Waals surface area contributed by atoms with Gasteiger partial charge in [-0.2, -0.15) is 8.42 Å². The van der Waals surface area contributed by atoms with Gasteiger partial charge in [-0.25, -0.2) is 4.39 Å². The van der Waals surface area contributed by atoms with Gasteiger partial charge in [0.15, 0.2) is 17.3 Å². The zero-order chi connectivity index (χ0) is 21.3. The first-order chi connectivity index (χ1) is 14.4. The topological polar surface area (TPSA) is 77.0 Å². The number of fused-ring (bicyclic) bond motifs is 1. The molecule has 0 aromatic heterocycles. The second-order valence-electron chi connectivity index (χ2n) is 6.44. The number of benzene rings is 3. The molecule has 0 bridgehead atoms. The summed E-state index contributed by atoms with van der Waals surface area (Å²) in [5.74, 6) is 0.603. The third-order valence-electron chi connectivity index (χ3n) is 4.40. The lowest BCUT2D eigenvalue weighted by molar-refractivity contribution is 0.282. The van der Waals surface area contributed by atoms with E-state index in [4.69, 9.17) is 9.47 Å². The van der Waals surface area contributed by atoms with Crippen LogP contribution in [-0.4, -0.2) is 21.4 Å². The van der Waals surface area contributed by atoms with Crippen molar-refractivity contribution in [3.63, 3.8) is 0 Å². The predicted molar refractivity (Wildman–Crippen MR) is 115 cm³/mol. The number of amidine groups is 1. The van der Waals surface area contributed by atoms with Crippen LogP contribution in [0.2, 0.25) is 0 Å². The number of halogens is 2. The Morgan fingerprint density at radius 3 is 2.67 bits per heavy atom. The summed E-state index contributed by atoms with van der Waals surface area (Å²) in [6, 6.07) is 16.0. The lowest BCUT2D eigenvalue weighted by atomic mass is 10.1. The molecule has 0 spiro atoms. The first-order valence-corrected chi connectivity index (χ1v) is 11.1. The molecule has 0 amide bonds. The summed E-state index contributed by atoms with van der Waals surface area (Å²) >= 11 is 3.44. The van der Waals surface area contributed by atoms with E-state index in [2.05, 4.69) is 25.6 Å². The van der Waals surface area contributed by atoms with E-state index in [-0.39, 0.29) is 23.2 Å². The van der Waals surface area contributed by atoms with Crippen LogP contribution >= 0.6 is 15.9 Å². The van der Waals surface area contributed by atoms with Gasteiger partial charge in [0, 0.05) is 5.56 Å². The third kappa shape index (κ3) is 4.03. The lowest BCUT2D eigenvalue weighted by Gasteiger charge is -2.20. The van der Waals surface area contributed by atoms with E-state index in [1.54, 1.807) is 42.5 Å². The minimum Gasteiger partial charge on any atom is -0.493 e. The van der Waals surface area contributed by atoms with Gasteiger partial charge in [0.05, 0.1) is 17.3 Å². The fourth-order valence-corrected chi connectivity index (χ4v) is 4.71. The molecule has 0 fully saturated rings. The molecule has 154 valence electrons. The maximum atomic E-state index is 13.4. The van der Waals surface area contributed by atoms with Gasteiger partial charge in [0.25, 0.3) is 10.0 Å². The number of ether oxygens (including phenoxy) is 2. The highest BCUT2D eigenvalue weighted by Gasteiger charge is 2.26. The molecule has 30 heavy (non-hydrogen) atoms. The Bertz CT molecular complexity index is 1260. The van der Waals surface area contributed by atoms with E-state index in [9.17, 15) is 12.8 Å². The Balaban J connectivity index is 1.67. The summed E-state index contributed by atoms with van der Waals surface area (Å²) in [6.07, 6.45) is 0. The number of para-hydroxylation sites is 1. The average Bonchev–Trinajstić information content (AvgIpc) is 2.72. The molecule has 0 saturated heterocycles. The highest BCUT2D eigenvalue weighted by molar-refractivity contribution is 9.10. The van der Waals surface area contributed by atoms with E-state index in [1.165, 1.54) is 25.3 Å². The summed E-state index contributed by atoms with van der Waals surface area (Å²) in [6.45, 7) is 0.132. The number of nitrogens with zero attached hydrogens (tertiary/aromatic N) is 1. The molecule has 0 aliphatic carbocycles. The molecule has 0 radical (unpaired) electrons. The summed E-state index contributed by atoms with van der Waals surface area (Å²) in [5.41, 5.74) is 1.60. The first-order valence-electron chi connectivity index (χ1n) is 8.83. The van der Waals surface area contributed by atoms with Crippen LogP contribution in [0.1, 0.15) is 11.1 Å². The van der Waals surface area contributed by atoms with Crippen LogP contribution in [0.3, 0.4) is 0 Å². The average molecular weight is 491 g/mol. The van der Waals surface area contributed by atoms with Crippen LogP contribution in [0.4, 0.5) is 10.1 Å². The second kappa shape index (κ2) is 8.08. The molecule has 3 aromatic rings. The monoisotopic (exact) mass is 490 g/mol. The van der Waals surface area contributed by atoms with Crippen molar-refractivity contribution in [3.05, 3.63) is 82.1 Å². The Hall–Kier alpha value is -2.91. The smallest absolute Gasteiger partial charge is 0.286 e. The maximum absolute atomic E-state index is 13.4.